The molecule has 2 saturated heterocycles. The molecule has 1 N–H and O–H groups in total. The van der Waals surface area contributed by atoms with Gasteiger partial charge in [-0.3, -0.25) is 4.79 Å². The van der Waals surface area contributed by atoms with Gasteiger partial charge in [-0.15, -0.1) is 0 Å². The number of anilines is 1. The zero-order chi connectivity index (χ0) is 20.9. The van der Waals surface area contributed by atoms with Crippen LogP contribution in [-0.4, -0.2) is 51.9 Å². The minimum absolute atomic E-state index is 0.0677. The van der Waals surface area contributed by atoms with E-state index in [9.17, 15) is 4.79 Å². The van der Waals surface area contributed by atoms with E-state index in [0.29, 0.717) is 11.6 Å². The second kappa shape index (κ2) is 10.1. The van der Waals surface area contributed by atoms with Crippen molar-refractivity contribution in [3.05, 3.63) is 45.5 Å². The summed E-state index contributed by atoms with van der Waals surface area (Å²) >= 11 is 8.07. The molecule has 9 heteroatoms. The third-order valence-electron chi connectivity index (χ3n) is 5.63. The number of pyridine rings is 1. The number of piperidine rings is 1. The van der Waals surface area contributed by atoms with E-state index in [0.717, 1.165) is 69.3 Å². The second-order valence-electron chi connectivity index (χ2n) is 7.95. The highest BCUT2D eigenvalue weighted by Gasteiger charge is 2.24. The predicted octanol–water partition coefficient (Wildman–Crippen LogP) is 3.78. The maximum Gasteiger partial charge on any atom is 0.287 e. The zero-order valence-electron chi connectivity index (χ0n) is 17.2. The average molecular weight is 450 g/mol. The van der Waals surface area contributed by atoms with Gasteiger partial charge in [0.1, 0.15) is 10.0 Å². The molecule has 2 aliphatic rings. The Morgan fingerprint density at radius 1 is 1.30 bits per heavy atom. The first-order chi connectivity index (χ1) is 14.6. The van der Waals surface area contributed by atoms with Gasteiger partial charge >= 0.3 is 0 Å². The fourth-order valence-corrected chi connectivity index (χ4v) is 5.11. The van der Waals surface area contributed by atoms with Crippen LogP contribution in [0, 0.1) is 12.8 Å². The van der Waals surface area contributed by atoms with Crippen LogP contribution in [0.4, 0.5) is 5.69 Å². The number of aromatic nitrogens is 3. The quantitative estimate of drug-likeness (QED) is 0.672. The highest BCUT2D eigenvalue weighted by Crippen LogP contribution is 2.29. The Morgan fingerprint density at radius 3 is 2.87 bits per heavy atom. The lowest BCUT2D eigenvalue weighted by molar-refractivity contribution is 0.0595. The number of nitrogens with one attached hydrogen (secondary N) is 1. The second-order valence-corrected chi connectivity index (χ2v) is 9.45. The lowest BCUT2D eigenvalue weighted by Gasteiger charge is -2.31. The van der Waals surface area contributed by atoms with Gasteiger partial charge in [0.2, 0.25) is 0 Å². The molecule has 2 fully saturated rings. The van der Waals surface area contributed by atoms with Crippen LogP contribution in [0.25, 0.3) is 0 Å². The van der Waals surface area contributed by atoms with Crippen LogP contribution in [0.1, 0.15) is 37.4 Å². The number of ether oxygens (including phenoxy) is 1. The monoisotopic (exact) mass is 449 g/mol. The summed E-state index contributed by atoms with van der Waals surface area (Å²) in [5.41, 5.74) is 1.42. The Bertz CT molecular complexity index is 911. The van der Waals surface area contributed by atoms with Crippen molar-refractivity contribution < 1.29 is 4.74 Å². The van der Waals surface area contributed by atoms with Gasteiger partial charge in [0.25, 0.3) is 5.56 Å². The van der Waals surface area contributed by atoms with Gasteiger partial charge in [0.05, 0.1) is 24.5 Å². The van der Waals surface area contributed by atoms with Crippen LogP contribution < -0.4 is 10.9 Å². The van der Waals surface area contributed by atoms with E-state index >= 15 is 0 Å². The molecule has 1 unspecified atom stereocenters. The Balaban J connectivity index is 1.34. The van der Waals surface area contributed by atoms with Crippen molar-refractivity contribution in [2.45, 2.75) is 43.7 Å². The number of aryl methyl sites for hydroxylation is 1. The van der Waals surface area contributed by atoms with E-state index in [4.69, 9.17) is 16.3 Å². The fraction of sp³-hybridized carbons (Fsp3) is 0.571. The van der Waals surface area contributed by atoms with Gasteiger partial charge in [-0.1, -0.05) is 17.7 Å². The minimum atomic E-state index is -0.215. The lowest BCUT2D eigenvalue weighted by atomic mass is 10.0. The summed E-state index contributed by atoms with van der Waals surface area (Å²) in [6.07, 6.45) is 5.61. The van der Waals surface area contributed by atoms with Gasteiger partial charge in [0.15, 0.2) is 0 Å². The van der Waals surface area contributed by atoms with Crippen LogP contribution in [-0.2, 0) is 4.74 Å². The molecule has 0 radical (unpaired) electrons. The molecule has 0 saturated carbocycles. The Morgan fingerprint density at radius 2 is 2.13 bits per heavy atom. The summed E-state index contributed by atoms with van der Waals surface area (Å²) in [5.74, 6) is 0.446. The molecule has 30 heavy (non-hydrogen) atoms. The van der Waals surface area contributed by atoms with Gasteiger partial charge < -0.3 is 10.1 Å². The number of nitrogens with zero attached hydrogens (tertiary/aromatic N) is 4. The highest BCUT2D eigenvalue weighted by atomic mass is 35.5. The Kier molecular flexibility index (Phi) is 7.30. The summed E-state index contributed by atoms with van der Waals surface area (Å²) in [7, 11) is 0. The maximum atomic E-state index is 12.8. The van der Waals surface area contributed by atoms with Crippen LogP contribution in [0.15, 0.2) is 34.2 Å². The van der Waals surface area contributed by atoms with Gasteiger partial charge in [-0.05, 0) is 62.6 Å². The van der Waals surface area contributed by atoms with E-state index in [2.05, 4.69) is 19.7 Å². The molecule has 0 aliphatic carbocycles. The number of hydrogen-bond acceptors (Lipinski definition) is 7. The molecular weight excluding hydrogens is 422 g/mol. The standard InChI is InChI=1S/C21H28ClN5O2S/c1-15-4-2-6-19(25-15)30-26-9-7-17(8-10-26)27-21(28)20(22)18(13-24-27)23-12-16-5-3-11-29-14-16/h2,4,6,13,16-17,23H,3,5,7-12,14H2,1H3. The first-order valence-electron chi connectivity index (χ1n) is 10.6. The fourth-order valence-electron chi connectivity index (χ4n) is 3.93. The van der Waals surface area contributed by atoms with Crippen molar-refractivity contribution in [1.29, 1.82) is 0 Å². The van der Waals surface area contributed by atoms with Crippen LogP contribution in [0.5, 0.6) is 0 Å². The topological polar surface area (TPSA) is 72.3 Å². The van der Waals surface area contributed by atoms with Gasteiger partial charge in [-0.2, -0.15) is 5.10 Å². The molecule has 2 aromatic heterocycles. The third kappa shape index (κ3) is 5.35. The largest absolute Gasteiger partial charge is 0.382 e. The molecule has 162 valence electrons. The molecule has 0 aromatic carbocycles. The van der Waals surface area contributed by atoms with E-state index < -0.39 is 0 Å². The van der Waals surface area contributed by atoms with Crippen LogP contribution in [0.3, 0.4) is 0 Å². The summed E-state index contributed by atoms with van der Waals surface area (Å²) in [5, 5.41) is 8.95. The van der Waals surface area contributed by atoms with Crippen molar-refractivity contribution >= 4 is 29.2 Å². The SMILES string of the molecule is Cc1cccc(SN2CCC(n3ncc(NCC4CCCOC4)c(Cl)c3=O)CC2)n1. The van der Waals surface area contributed by atoms with E-state index in [1.807, 2.05) is 25.1 Å². The van der Waals surface area contributed by atoms with E-state index in [1.54, 1.807) is 22.8 Å². The summed E-state index contributed by atoms with van der Waals surface area (Å²) in [4.78, 5) is 17.4. The Hall–Kier alpha value is -1.61. The number of hydrogen-bond donors (Lipinski definition) is 1. The normalized spacial score (nSPS) is 20.9. The van der Waals surface area contributed by atoms with Crippen molar-refractivity contribution in [2.75, 3.05) is 38.2 Å². The third-order valence-corrected chi connectivity index (χ3v) is 7.04. The van der Waals surface area contributed by atoms with Crippen LogP contribution >= 0.6 is 23.5 Å². The van der Waals surface area contributed by atoms with Crippen LogP contribution in [0.2, 0.25) is 5.02 Å². The molecule has 0 spiro atoms. The maximum absolute atomic E-state index is 12.8. The first-order valence-corrected chi connectivity index (χ1v) is 11.7. The molecule has 2 aromatic rings. The summed E-state index contributed by atoms with van der Waals surface area (Å²) in [6, 6.07) is 6.12. The average Bonchev–Trinajstić information content (AvgIpc) is 2.76. The van der Waals surface area contributed by atoms with Crippen molar-refractivity contribution in [3.63, 3.8) is 0 Å². The summed E-state index contributed by atoms with van der Waals surface area (Å²) < 4.78 is 9.37. The number of halogens is 1. The molecule has 4 rings (SSSR count). The predicted molar refractivity (Wildman–Crippen MR) is 120 cm³/mol. The zero-order valence-corrected chi connectivity index (χ0v) is 18.8. The van der Waals surface area contributed by atoms with Gasteiger partial charge in [0, 0.05) is 31.9 Å². The molecular formula is C21H28ClN5O2S. The van der Waals surface area contributed by atoms with E-state index in [1.165, 1.54) is 0 Å². The minimum Gasteiger partial charge on any atom is -0.382 e. The van der Waals surface area contributed by atoms with E-state index in [-0.39, 0.29) is 16.6 Å². The van der Waals surface area contributed by atoms with Gasteiger partial charge in [-0.25, -0.2) is 14.0 Å². The van der Waals surface area contributed by atoms with Crippen molar-refractivity contribution in [1.82, 2.24) is 19.1 Å². The number of rotatable bonds is 6. The van der Waals surface area contributed by atoms with Crippen molar-refractivity contribution in [3.8, 4) is 0 Å². The summed E-state index contributed by atoms with van der Waals surface area (Å²) in [6.45, 7) is 6.08. The molecule has 2 aliphatic heterocycles. The first kappa shape index (κ1) is 21.6. The molecule has 7 nitrogen and oxygen atoms in total. The molecule has 4 heterocycles. The highest BCUT2D eigenvalue weighted by molar-refractivity contribution is 7.97. The molecule has 0 bridgehead atoms. The molecule has 1 atom stereocenters. The molecule has 0 amide bonds. The smallest absolute Gasteiger partial charge is 0.287 e. The van der Waals surface area contributed by atoms with Crippen molar-refractivity contribution in [2.24, 2.45) is 5.92 Å². The Labute approximate surface area is 186 Å². The lowest BCUT2D eigenvalue weighted by Crippen LogP contribution is -2.36.